The van der Waals surface area contributed by atoms with Crippen LogP contribution < -0.4 is 16.0 Å². The largest absolute Gasteiger partial charge is 0.372 e. The minimum Gasteiger partial charge on any atom is -0.372 e. The van der Waals surface area contributed by atoms with Gasteiger partial charge in [0.1, 0.15) is 5.82 Å². The average Bonchev–Trinajstić information content (AvgIpc) is 2.77. The number of likely N-dealkylation sites (N-methyl/N-ethyl adjacent to an activating group) is 1. The smallest absolute Gasteiger partial charge is 0.239 e. The highest BCUT2D eigenvalue weighted by molar-refractivity contribution is 5.79. The molecule has 0 aliphatic rings. The van der Waals surface area contributed by atoms with Crippen LogP contribution in [0.2, 0.25) is 0 Å². The van der Waals surface area contributed by atoms with Gasteiger partial charge in [0, 0.05) is 32.7 Å². The molecule has 0 saturated carbocycles. The van der Waals surface area contributed by atoms with Crippen molar-refractivity contribution in [1.82, 2.24) is 20.2 Å². The molecule has 2 rings (SSSR count). The highest BCUT2D eigenvalue weighted by Gasteiger charge is 2.05. The lowest BCUT2D eigenvalue weighted by atomic mass is 10.2. The number of hydrogen-bond acceptors (Lipinski definition) is 7. The summed E-state index contributed by atoms with van der Waals surface area (Å²) in [5.74, 6) is 6.89. The number of nitriles is 1. The van der Waals surface area contributed by atoms with Crippen LogP contribution in [0.5, 0.6) is 0 Å². The summed E-state index contributed by atoms with van der Waals surface area (Å²) in [5.41, 5.74) is 2.02. The lowest BCUT2D eigenvalue weighted by molar-refractivity contribution is -0.127. The number of nitrogens with zero attached hydrogens (tertiary/aromatic N) is 4. The van der Waals surface area contributed by atoms with E-state index in [9.17, 15) is 9.59 Å². The number of nitrogens with one attached hydrogen (secondary N) is 3. The summed E-state index contributed by atoms with van der Waals surface area (Å²) in [6.45, 7) is 0.532. The molecule has 0 bridgehead atoms. The molecule has 0 aliphatic carbocycles. The molecule has 0 radical (unpaired) electrons. The van der Waals surface area contributed by atoms with Gasteiger partial charge in [-0.2, -0.15) is 10.2 Å². The number of hydrogen-bond donors (Lipinski definition) is 3. The van der Waals surface area contributed by atoms with Crippen LogP contribution in [-0.2, 0) is 9.59 Å². The van der Waals surface area contributed by atoms with Crippen LogP contribution >= 0.6 is 0 Å². The number of unbranched alkanes of at least 4 members (excludes halogenated alkanes) is 1. The second-order valence-electron chi connectivity index (χ2n) is 6.30. The molecule has 0 unspecified atom stereocenters. The van der Waals surface area contributed by atoms with E-state index in [0.29, 0.717) is 48.7 Å². The minimum absolute atomic E-state index is 0.0426. The Morgan fingerprint density at radius 3 is 2.73 bits per heavy atom. The zero-order valence-corrected chi connectivity index (χ0v) is 16.9. The summed E-state index contributed by atoms with van der Waals surface area (Å²) in [7, 11) is 3.30. The molecule has 2 aromatic rings. The van der Waals surface area contributed by atoms with Gasteiger partial charge >= 0.3 is 0 Å². The molecule has 154 valence electrons. The van der Waals surface area contributed by atoms with Gasteiger partial charge < -0.3 is 20.9 Å². The molecular formula is C21H23N7O2. The number of amides is 2. The first kappa shape index (κ1) is 22.2. The van der Waals surface area contributed by atoms with Gasteiger partial charge in [-0.15, -0.1) is 0 Å². The summed E-state index contributed by atoms with van der Waals surface area (Å²) in [4.78, 5) is 32.0. The van der Waals surface area contributed by atoms with Crippen molar-refractivity contribution in [2.75, 3.05) is 37.8 Å². The predicted octanol–water partition coefficient (Wildman–Crippen LogP) is 1.47. The van der Waals surface area contributed by atoms with Gasteiger partial charge in [-0.05, 0) is 30.7 Å². The summed E-state index contributed by atoms with van der Waals surface area (Å²) >= 11 is 0. The topological polar surface area (TPSA) is 123 Å². The quantitative estimate of drug-likeness (QED) is 0.328. The van der Waals surface area contributed by atoms with Crippen LogP contribution in [0.15, 0.2) is 30.5 Å². The highest BCUT2D eigenvalue weighted by Crippen LogP contribution is 2.17. The standard InChI is InChI=1S/C21H23N7O2/c1-23-20-17(6-4-3-5-11-24-19(30)14-28(2)15-29)13-25-21(27-20)26-18-9-7-16(12-22)8-10-18/h7-10,13,15H,3,5,11,14H2,1-2H3,(H,24,30)(H2,23,25,26,27). The maximum absolute atomic E-state index is 11.6. The molecule has 0 atom stereocenters. The van der Waals surface area contributed by atoms with Gasteiger partial charge in [0.15, 0.2) is 0 Å². The van der Waals surface area contributed by atoms with E-state index in [4.69, 9.17) is 5.26 Å². The van der Waals surface area contributed by atoms with Crippen LogP contribution in [0.25, 0.3) is 0 Å². The van der Waals surface area contributed by atoms with E-state index in [1.54, 1.807) is 44.6 Å². The third-order valence-electron chi connectivity index (χ3n) is 3.89. The second-order valence-corrected chi connectivity index (χ2v) is 6.30. The van der Waals surface area contributed by atoms with Crippen molar-refractivity contribution in [3.8, 4) is 17.9 Å². The molecule has 0 spiro atoms. The van der Waals surface area contributed by atoms with Crippen molar-refractivity contribution < 1.29 is 9.59 Å². The van der Waals surface area contributed by atoms with Crippen molar-refractivity contribution >= 4 is 29.8 Å². The lowest BCUT2D eigenvalue weighted by Gasteiger charge is -2.09. The van der Waals surface area contributed by atoms with Crippen LogP contribution in [-0.4, -0.2) is 54.4 Å². The highest BCUT2D eigenvalue weighted by atomic mass is 16.2. The second kappa shape index (κ2) is 11.7. The Labute approximate surface area is 175 Å². The number of rotatable bonds is 9. The van der Waals surface area contributed by atoms with Crippen molar-refractivity contribution in [3.05, 3.63) is 41.6 Å². The van der Waals surface area contributed by atoms with Gasteiger partial charge in [-0.25, -0.2) is 4.98 Å². The third-order valence-corrected chi connectivity index (χ3v) is 3.89. The Morgan fingerprint density at radius 1 is 1.30 bits per heavy atom. The minimum atomic E-state index is -0.200. The van der Waals surface area contributed by atoms with Gasteiger partial charge in [0.2, 0.25) is 18.3 Å². The Morgan fingerprint density at radius 2 is 2.07 bits per heavy atom. The van der Waals surface area contributed by atoms with Crippen molar-refractivity contribution in [3.63, 3.8) is 0 Å². The molecule has 9 heteroatoms. The Bertz CT molecular complexity index is 972. The predicted molar refractivity (Wildman–Crippen MR) is 114 cm³/mol. The Kier molecular flexibility index (Phi) is 8.63. The van der Waals surface area contributed by atoms with E-state index in [0.717, 1.165) is 5.69 Å². The number of carbonyl (C=O) groups is 2. The molecule has 1 aromatic heterocycles. The first-order valence-electron chi connectivity index (χ1n) is 9.28. The molecule has 9 nitrogen and oxygen atoms in total. The molecule has 1 aromatic carbocycles. The molecule has 0 saturated heterocycles. The van der Waals surface area contributed by atoms with Crippen LogP contribution in [0, 0.1) is 23.2 Å². The van der Waals surface area contributed by atoms with Crippen molar-refractivity contribution in [2.24, 2.45) is 0 Å². The van der Waals surface area contributed by atoms with Crippen molar-refractivity contribution in [1.29, 1.82) is 5.26 Å². The Balaban J connectivity index is 1.87. The molecule has 0 fully saturated rings. The molecule has 0 aliphatic heterocycles. The van der Waals surface area contributed by atoms with E-state index in [1.807, 2.05) is 0 Å². The van der Waals surface area contributed by atoms with Gasteiger partial charge in [0.25, 0.3) is 0 Å². The molecule has 30 heavy (non-hydrogen) atoms. The summed E-state index contributed by atoms with van der Waals surface area (Å²) in [6.07, 6.45) is 3.53. The fraction of sp³-hybridized carbons (Fsp3) is 0.286. The summed E-state index contributed by atoms with van der Waals surface area (Å²) in [5, 5.41) is 17.7. The normalized spacial score (nSPS) is 9.50. The first-order valence-corrected chi connectivity index (χ1v) is 9.28. The fourth-order valence-corrected chi connectivity index (χ4v) is 2.36. The fourth-order valence-electron chi connectivity index (χ4n) is 2.36. The van der Waals surface area contributed by atoms with Gasteiger partial charge in [-0.1, -0.05) is 11.8 Å². The van der Waals surface area contributed by atoms with E-state index in [1.165, 1.54) is 4.90 Å². The van der Waals surface area contributed by atoms with E-state index >= 15 is 0 Å². The number of carbonyl (C=O) groups excluding carboxylic acids is 2. The summed E-state index contributed by atoms with van der Waals surface area (Å²) < 4.78 is 0. The SMILES string of the molecule is CNc1nc(Nc2ccc(C#N)cc2)ncc1C#CCCCNC(=O)CN(C)C=O. The maximum atomic E-state index is 11.6. The van der Waals surface area contributed by atoms with Crippen LogP contribution in [0.1, 0.15) is 24.0 Å². The Hall–Kier alpha value is -4.11. The maximum Gasteiger partial charge on any atom is 0.239 e. The van der Waals surface area contributed by atoms with Gasteiger partial charge in [-0.3, -0.25) is 9.59 Å². The summed E-state index contributed by atoms with van der Waals surface area (Å²) in [6, 6.07) is 9.06. The monoisotopic (exact) mass is 405 g/mol. The van der Waals surface area contributed by atoms with E-state index in [-0.39, 0.29) is 12.5 Å². The average molecular weight is 405 g/mol. The van der Waals surface area contributed by atoms with Gasteiger partial charge in [0.05, 0.1) is 29.9 Å². The number of aromatic nitrogens is 2. The van der Waals surface area contributed by atoms with Crippen LogP contribution in [0.4, 0.5) is 17.5 Å². The van der Waals surface area contributed by atoms with Crippen LogP contribution in [0.3, 0.4) is 0 Å². The zero-order chi connectivity index (χ0) is 21.8. The van der Waals surface area contributed by atoms with E-state index in [2.05, 4.69) is 43.8 Å². The molecule has 3 N–H and O–H groups in total. The number of anilines is 3. The molecule has 1 heterocycles. The zero-order valence-electron chi connectivity index (χ0n) is 16.9. The molecule has 2 amide bonds. The first-order chi connectivity index (χ1) is 14.5. The lowest BCUT2D eigenvalue weighted by Crippen LogP contribution is -2.34. The van der Waals surface area contributed by atoms with E-state index < -0.39 is 0 Å². The molecular weight excluding hydrogens is 382 g/mol. The third kappa shape index (κ3) is 7.13. The number of benzene rings is 1. The van der Waals surface area contributed by atoms with Crippen molar-refractivity contribution in [2.45, 2.75) is 12.8 Å².